The third kappa shape index (κ3) is 3.38. The standard InChI is InChI=1S/C11H11ClF3NO/c1-17-10-6-7(11(13,14)15)5-9(12)8(10)3-2-4-16/h2-3,5-6H,4,16H2,1H3/b3-2+. The quantitative estimate of drug-likeness (QED) is 0.910. The van der Waals surface area contributed by atoms with Crippen LogP contribution < -0.4 is 10.5 Å². The molecular formula is C11H11ClF3NO. The highest BCUT2D eigenvalue weighted by atomic mass is 35.5. The van der Waals surface area contributed by atoms with Gasteiger partial charge in [-0.15, -0.1) is 0 Å². The molecule has 2 N–H and O–H groups in total. The Bertz CT molecular complexity index is 429. The van der Waals surface area contributed by atoms with E-state index in [1.807, 2.05) is 0 Å². The molecule has 1 rings (SSSR count). The van der Waals surface area contributed by atoms with Gasteiger partial charge in [-0.25, -0.2) is 0 Å². The smallest absolute Gasteiger partial charge is 0.416 e. The lowest BCUT2D eigenvalue weighted by Gasteiger charge is -2.12. The minimum Gasteiger partial charge on any atom is -0.496 e. The lowest BCUT2D eigenvalue weighted by molar-refractivity contribution is -0.137. The van der Waals surface area contributed by atoms with E-state index in [9.17, 15) is 13.2 Å². The second-order valence-electron chi connectivity index (χ2n) is 3.21. The molecule has 0 aliphatic carbocycles. The molecule has 0 heterocycles. The van der Waals surface area contributed by atoms with Crippen LogP contribution in [0.2, 0.25) is 5.02 Å². The predicted molar refractivity (Wildman–Crippen MR) is 61.1 cm³/mol. The van der Waals surface area contributed by atoms with Crippen molar-refractivity contribution >= 4 is 17.7 Å². The van der Waals surface area contributed by atoms with Crippen molar-refractivity contribution in [2.75, 3.05) is 13.7 Å². The largest absolute Gasteiger partial charge is 0.496 e. The van der Waals surface area contributed by atoms with Crippen LogP contribution in [-0.2, 0) is 6.18 Å². The summed E-state index contributed by atoms with van der Waals surface area (Å²) >= 11 is 5.78. The molecule has 0 aromatic heterocycles. The number of halogens is 4. The Labute approximate surface area is 102 Å². The van der Waals surface area contributed by atoms with Crippen LogP contribution in [0.4, 0.5) is 13.2 Å². The Morgan fingerprint density at radius 1 is 1.41 bits per heavy atom. The first-order valence-corrected chi connectivity index (χ1v) is 5.09. The zero-order valence-electron chi connectivity index (χ0n) is 9.01. The maximum Gasteiger partial charge on any atom is 0.416 e. The van der Waals surface area contributed by atoms with Crippen molar-refractivity contribution in [1.82, 2.24) is 0 Å². The molecule has 0 spiro atoms. The van der Waals surface area contributed by atoms with Gasteiger partial charge in [0.2, 0.25) is 0 Å². The molecule has 1 aromatic carbocycles. The molecule has 0 saturated heterocycles. The number of ether oxygens (including phenoxy) is 1. The Morgan fingerprint density at radius 3 is 2.53 bits per heavy atom. The van der Waals surface area contributed by atoms with E-state index in [4.69, 9.17) is 22.1 Å². The van der Waals surface area contributed by atoms with E-state index in [1.165, 1.54) is 13.2 Å². The van der Waals surface area contributed by atoms with Gasteiger partial charge in [0.1, 0.15) is 5.75 Å². The summed E-state index contributed by atoms with van der Waals surface area (Å²) in [5.74, 6) is 0.0644. The molecule has 0 atom stereocenters. The van der Waals surface area contributed by atoms with E-state index in [-0.39, 0.29) is 17.3 Å². The number of hydrogen-bond acceptors (Lipinski definition) is 2. The van der Waals surface area contributed by atoms with E-state index in [2.05, 4.69) is 0 Å². The van der Waals surface area contributed by atoms with Gasteiger partial charge < -0.3 is 10.5 Å². The number of benzene rings is 1. The van der Waals surface area contributed by atoms with Crippen LogP contribution in [0.15, 0.2) is 18.2 Å². The molecule has 0 fully saturated rings. The highest BCUT2D eigenvalue weighted by molar-refractivity contribution is 6.32. The third-order valence-corrected chi connectivity index (χ3v) is 2.37. The summed E-state index contributed by atoms with van der Waals surface area (Å²) in [7, 11) is 1.28. The molecule has 6 heteroatoms. The molecule has 1 aromatic rings. The average molecular weight is 266 g/mol. The van der Waals surface area contributed by atoms with Crippen molar-refractivity contribution in [3.8, 4) is 5.75 Å². The van der Waals surface area contributed by atoms with Gasteiger partial charge in [-0.05, 0) is 12.1 Å². The van der Waals surface area contributed by atoms with Crippen LogP contribution in [0.5, 0.6) is 5.75 Å². The van der Waals surface area contributed by atoms with Gasteiger partial charge in [-0.1, -0.05) is 23.8 Å². The first kappa shape index (κ1) is 13.9. The first-order chi connectivity index (χ1) is 7.90. The number of rotatable bonds is 3. The maximum atomic E-state index is 12.5. The molecule has 0 saturated carbocycles. The Kier molecular flexibility index (Phi) is 4.42. The third-order valence-electron chi connectivity index (χ3n) is 2.06. The van der Waals surface area contributed by atoms with E-state index >= 15 is 0 Å². The fourth-order valence-electron chi connectivity index (χ4n) is 1.27. The summed E-state index contributed by atoms with van der Waals surface area (Å²) in [4.78, 5) is 0. The van der Waals surface area contributed by atoms with Crippen molar-refractivity contribution in [2.45, 2.75) is 6.18 Å². The topological polar surface area (TPSA) is 35.2 Å². The zero-order chi connectivity index (χ0) is 13.1. The fraction of sp³-hybridized carbons (Fsp3) is 0.273. The normalized spacial score (nSPS) is 12.1. The Balaban J connectivity index is 3.31. The van der Waals surface area contributed by atoms with Crippen molar-refractivity contribution in [2.24, 2.45) is 5.73 Å². The van der Waals surface area contributed by atoms with E-state index in [0.29, 0.717) is 5.56 Å². The predicted octanol–water partition coefficient (Wildman–Crippen LogP) is 3.34. The second-order valence-corrected chi connectivity index (χ2v) is 3.62. The number of alkyl halides is 3. The molecule has 17 heavy (non-hydrogen) atoms. The van der Waals surface area contributed by atoms with Gasteiger partial charge >= 0.3 is 6.18 Å². The molecule has 0 unspecified atom stereocenters. The maximum absolute atomic E-state index is 12.5. The summed E-state index contributed by atoms with van der Waals surface area (Å²) in [6.45, 7) is 0.264. The van der Waals surface area contributed by atoms with Gasteiger partial charge in [-0.3, -0.25) is 0 Å². The highest BCUT2D eigenvalue weighted by Crippen LogP contribution is 2.37. The second kappa shape index (κ2) is 5.42. The molecule has 94 valence electrons. The molecule has 0 radical (unpaired) electrons. The first-order valence-electron chi connectivity index (χ1n) is 4.71. The summed E-state index contributed by atoms with van der Waals surface area (Å²) in [5, 5.41) is -0.0265. The van der Waals surface area contributed by atoms with Gasteiger partial charge in [0, 0.05) is 12.1 Å². The summed E-state index contributed by atoms with van der Waals surface area (Å²) in [5.41, 5.74) is 4.81. The lowest BCUT2D eigenvalue weighted by atomic mass is 10.1. The van der Waals surface area contributed by atoms with E-state index in [0.717, 1.165) is 12.1 Å². The van der Waals surface area contributed by atoms with Crippen LogP contribution in [0.1, 0.15) is 11.1 Å². The number of nitrogens with two attached hydrogens (primary N) is 1. The van der Waals surface area contributed by atoms with Crippen LogP contribution in [0, 0.1) is 0 Å². The van der Waals surface area contributed by atoms with Crippen LogP contribution in [0.25, 0.3) is 6.08 Å². The van der Waals surface area contributed by atoms with Crippen LogP contribution >= 0.6 is 11.6 Å². The van der Waals surface area contributed by atoms with Gasteiger partial charge in [-0.2, -0.15) is 13.2 Å². The van der Waals surface area contributed by atoms with E-state index in [1.54, 1.807) is 6.08 Å². The van der Waals surface area contributed by atoms with Gasteiger partial charge in [0.15, 0.2) is 0 Å². The Hall–Kier alpha value is -1.20. The minimum absolute atomic E-state index is 0.0265. The summed E-state index contributed by atoms with van der Waals surface area (Å²) in [6.07, 6.45) is -1.34. The molecule has 0 bridgehead atoms. The monoisotopic (exact) mass is 265 g/mol. The zero-order valence-corrected chi connectivity index (χ0v) is 9.77. The van der Waals surface area contributed by atoms with Crippen molar-refractivity contribution in [3.05, 3.63) is 34.4 Å². The summed E-state index contributed by atoms with van der Waals surface area (Å²) in [6, 6.07) is 1.77. The van der Waals surface area contributed by atoms with E-state index < -0.39 is 11.7 Å². The molecule has 0 aliphatic heterocycles. The van der Waals surface area contributed by atoms with Crippen molar-refractivity contribution < 1.29 is 17.9 Å². The number of methoxy groups -OCH3 is 1. The van der Waals surface area contributed by atoms with Gasteiger partial charge in [0.05, 0.1) is 17.7 Å². The fourth-order valence-corrected chi connectivity index (χ4v) is 1.55. The average Bonchev–Trinajstić information content (AvgIpc) is 2.25. The molecule has 0 aliphatic rings. The van der Waals surface area contributed by atoms with Crippen LogP contribution in [-0.4, -0.2) is 13.7 Å². The Morgan fingerprint density at radius 2 is 2.06 bits per heavy atom. The molecule has 2 nitrogen and oxygen atoms in total. The lowest BCUT2D eigenvalue weighted by Crippen LogP contribution is -2.06. The van der Waals surface area contributed by atoms with Crippen LogP contribution in [0.3, 0.4) is 0 Å². The van der Waals surface area contributed by atoms with Crippen molar-refractivity contribution in [1.29, 1.82) is 0 Å². The minimum atomic E-state index is -4.45. The molecular weight excluding hydrogens is 255 g/mol. The van der Waals surface area contributed by atoms with Gasteiger partial charge in [0.25, 0.3) is 0 Å². The number of hydrogen-bond donors (Lipinski definition) is 1. The van der Waals surface area contributed by atoms with Crippen molar-refractivity contribution in [3.63, 3.8) is 0 Å². The highest BCUT2D eigenvalue weighted by Gasteiger charge is 2.32. The summed E-state index contributed by atoms with van der Waals surface area (Å²) < 4.78 is 42.4. The molecule has 0 amide bonds. The SMILES string of the molecule is COc1cc(C(F)(F)F)cc(Cl)c1/C=C/CN.